The first-order chi connectivity index (χ1) is 8.81. The number of halogens is 1. The minimum absolute atomic E-state index is 0.819. The maximum Gasteiger partial charge on any atom is 0.0234 e. The SMILES string of the molecule is Brc1cccc(CN2CCCN3CCC[C@H]3C2)c1. The van der Waals surface area contributed by atoms with E-state index in [0.717, 1.165) is 12.6 Å². The first-order valence-electron chi connectivity index (χ1n) is 7.02. The van der Waals surface area contributed by atoms with Gasteiger partial charge in [0.15, 0.2) is 0 Å². The average molecular weight is 309 g/mol. The van der Waals surface area contributed by atoms with Crippen LogP contribution >= 0.6 is 15.9 Å². The lowest BCUT2D eigenvalue weighted by atomic mass is 10.1. The van der Waals surface area contributed by atoms with E-state index in [1.807, 2.05) is 0 Å². The zero-order chi connectivity index (χ0) is 12.4. The van der Waals surface area contributed by atoms with Crippen LogP contribution in [0.15, 0.2) is 28.7 Å². The quantitative estimate of drug-likeness (QED) is 0.828. The fourth-order valence-electron chi connectivity index (χ4n) is 3.32. The molecule has 2 aliphatic heterocycles. The van der Waals surface area contributed by atoms with Crippen molar-refractivity contribution in [1.82, 2.24) is 9.80 Å². The second-order valence-electron chi connectivity index (χ2n) is 5.55. The molecule has 18 heavy (non-hydrogen) atoms. The van der Waals surface area contributed by atoms with Gasteiger partial charge in [-0.3, -0.25) is 9.80 Å². The number of hydrogen-bond acceptors (Lipinski definition) is 2. The van der Waals surface area contributed by atoms with Gasteiger partial charge in [-0.1, -0.05) is 28.1 Å². The lowest BCUT2D eigenvalue weighted by Gasteiger charge is -2.25. The Labute approximate surface area is 118 Å². The molecule has 0 unspecified atom stereocenters. The molecule has 0 aromatic heterocycles. The summed E-state index contributed by atoms with van der Waals surface area (Å²) in [7, 11) is 0. The van der Waals surface area contributed by atoms with Crippen molar-refractivity contribution in [2.24, 2.45) is 0 Å². The Bertz CT molecular complexity index is 407. The van der Waals surface area contributed by atoms with Crippen LogP contribution in [0.5, 0.6) is 0 Å². The minimum Gasteiger partial charge on any atom is -0.299 e. The van der Waals surface area contributed by atoms with E-state index in [0.29, 0.717) is 0 Å². The predicted octanol–water partition coefficient (Wildman–Crippen LogP) is 3.12. The third kappa shape index (κ3) is 2.95. The van der Waals surface area contributed by atoms with Crippen LogP contribution in [0.4, 0.5) is 0 Å². The van der Waals surface area contributed by atoms with Crippen LogP contribution in [0, 0.1) is 0 Å². The highest BCUT2D eigenvalue weighted by atomic mass is 79.9. The van der Waals surface area contributed by atoms with Crippen molar-refractivity contribution < 1.29 is 0 Å². The highest BCUT2D eigenvalue weighted by Crippen LogP contribution is 2.22. The zero-order valence-electron chi connectivity index (χ0n) is 10.8. The van der Waals surface area contributed by atoms with Crippen LogP contribution in [0.25, 0.3) is 0 Å². The molecule has 2 fully saturated rings. The molecular weight excluding hydrogens is 288 g/mol. The van der Waals surface area contributed by atoms with E-state index < -0.39 is 0 Å². The van der Waals surface area contributed by atoms with Crippen LogP contribution in [0.1, 0.15) is 24.8 Å². The number of fused-ring (bicyclic) bond motifs is 1. The molecule has 1 aromatic carbocycles. The fraction of sp³-hybridized carbons (Fsp3) is 0.600. The van der Waals surface area contributed by atoms with Gasteiger partial charge in [0, 0.05) is 23.6 Å². The molecule has 0 N–H and O–H groups in total. The maximum absolute atomic E-state index is 3.56. The van der Waals surface area contributed by atoms with E-state index in [9.17, 15) is 0 Å². The van der Waals surface area contributed by atoms with Gasteiger partial charge >= 0.3 is 0 Å². The molecule has 98 valence electrons. The Hall–Kier alpha value is -0.380. The first-order valence-corrected chi connectivity index (χ1v) is 7.81. The van der Waals surface area contributed by atoms with Gasteiger partial charge in [-0.2, -0.15) is 0 Å². The Morgan fingerprint density at radius 3 is 2.94 bits per heavy atom. The zero-order valence-corrected chi connectivity index (χ0v) is 12.4. The van der Waals surface area contributed by atoms with E-state index >= 15 is 0 Å². The van der Waals surface area contributed by atoms with Gasteiger partial charge in [0.05, 0.1) is 0 Å². The molecule has 2 heterocycles. The monoisotopic (exact) mass is 308 g/mol. The van der Waals surface area contributed by atoms with Crippen LogP contribution in [-0.4, -0.2) is 42.0 Å². The van der Waals surface area contributed by atoms with Gasteiger partial charge in [-0.15, -0.1) is 0 Å². The van der Waals surface area contributed by atoms with Crippen LogP contribution in [0.3, 0.4) is 0 Å². The summed E-state index contributed by atoms with van der Waals surface area (Å²) in [6.45, 7) is 6.24. The van der Waals surface area contributed by atoms with Gasteiger partial charge in [-0.05, 0) is 56.6 Å². The lowest BCUT2D eigenvalue weighted by Crippen LogP contribution is -2.36. The largest absolute Gasteiger partial charge is 0.299 e. The molecule has 0 amide bonds. The molecule has 0 spiro atoms. The molecule has 0 bridgehead atoms. The number of benzene rings is 1. The predicted molar refractivity (Wildman–Crippen MR) is 78.6 cm³/mol. The molecule has 0 radical (unpaired) electrons. The van der Waals surface area contributed by atoms with Crippen molar-refractivity contribution >= 4 is 15.9 Å². The van der Waals surface area contributed by atoms with E-state index in [1.165, 1.54) is 55.5 Å². The normalized spacial score (nSPS) is 25.9. The third-order valence-electron chi connectivity index (χ3n) is 4.18. The van der Waals surface area contributed by atoms with Crippen molar-refractivity contribution in [2.75, 3.05) is 26.2 Å². The van der Waals surface area contributed by atoms with Gasteiger partial charge in [-0.25, -0.2) is 0 Å². The summed E-state index contributed by atoms with van der Waals surface area (Å²) in [6, 6.07) is 9.54. The van der Waals surface area contributed by atoms with Gasteiger partial charge in [0.1, 0.15) is 0 Å². The summed E-state index contributed by atoms with van der Waals surface area (Å²) >= 11 is 3.56. The standard InChI is InChI=1S/C15H21BrN2/c16-14-5-1-4-13(10-14)11-17-7-3-9-18-8-2-6-15(18)12-17/h1,4-5,10,15H,2-3,6-9,11-12H2/t15-/m0/s1. The molecule has 0 aliphatic carbocycles. The molecule has 3 heteroatoms. The van der Waals surface area contributed by atoms with Crippen LogP contribution < -0.4 is 0 Å². The Kier molecular flexibility index (Phi) is 4.02. The highest BCUT2D eigenvalue weighted by Gasteiger charge is 2.28. The molecule has 1 aromatic rings. The van der Waals surface area contributed by atoms with Crippen molar-refractivity contribution in [3.05, 3.63) is 34.3 Å². The third-order valence-corrected chi connectivity index (χ3v) is 4.68. The molecule has 0 saturated carbocycles. The Balaban J connectivity index is 1.65. The van der Waals surface area contributed by atoms with Gasteiger partial charge in [0.25, 0.3) is 0 Å². The summed E-state index contributed by atoms with van der Waals surface area (Å²) in [6.07, 6.45) is 4.12. The topological polar surface area (TPSA) is 6.48 Å². The molecule has 3 rings (SSSR count). The summed E-state index contributed by atoms with van der Waals surface area (Å²) in [5.41, 5.74) is 1.43. The summed E-state index contributed by atoms with van der Waals surface area (Å²) in [5.74, 6) is 0. The number of rotatable bonds is 2. The van der Waals surface area contributed by atoms with E-state index in [2.05, 4.69) is 50.0 Å². The Morgan fingerprint density at radius 2 is 2.06 bits per heavy atom. The van der Waals surface area contributed by atoms with Crippen molar-refractivity contribution in [3.63, 3.8) is 0 Å². The molecule has 1 atom stereocenters. The second kappa shape index (κ2) is 5.72. The summed E-state index contributed by atoms with van der Waals surface area (Å²) in [4.78, 5) is 5.33. The summed E-state index contributed by atoms with van der Waals surface area (Å²) < 4.78 is 1.19. The molecule has 2 aliphatic rings. The van der Waals surface area contributed by atoms with Crippen molar-refractivity contribution in [1.29, 1.82) is 0 Å². The minimum atomic E-state index is 0.819. The number of nitrogens with zero attached hydrogens (tertiary/aromatic N) is 2. The summed E-state index contributed by atoms with van der Waals surface area (Å²) in [5, 5.41) is 0. The average Bonchev–Trinajstić information content (AvgIpc) is 2.69. The van der Waals surface area contributed by atoms with E-state index in [1.54, 1.807) is 0 Å². The van der Waals surface area contributed by atoms with Crippen molar-refractivity contribution in [2.45, 2.75) is 31.8 Å². The lowest BCUT2D eigenvalue weighted by molar-refractivity contribution is 0.215. The van der Waals surface area contributed by atoms with Crippen molar-refractivity contribution in [3.8, 4) is 0 Å². The fourth-order valence-corrected chi connectivity index (χ4v) is 3.77. The first kappa shape index (κ1) is 12.6. The highest BCUT2D eigenvalue weighted by molar-refractivity contribution is 9.10. The van der Waals surface area contributed by atoms with Crippen LogP contribution in [-0.2, 0) is 6.54 Å². The molecular formula is C15H21BrN2. The molecule has 2 saturated heterocycles. The van der Waals surface area contributed by atoms with E-state index in [-0.39, 0.29) is 0 Å². The smallest absolute Gasteiger partial charge is 0.0234 e. The second-order valence-corrected chi connectivity index (χ2v) is 6.47. The molecule has 2 nitrogen and oxygen atoms in total. The van der Waals surface area contributed by atoms with Gasteiger partial charge < -0.3 is 0 Å². The Morgan fingerprint density at radius 1 is 1.17 bits per heavy atom. The maximum atomic E-state index is 3.56. The number of hydrogen-bond donors (Lipinski definition) is 0. The van der Waals surface area contributed by atoms with Crippen LogP contribution in [0.2, 0.25) is 0 Å². The van der Waals surface area contributed by atoms with E-state index in [4.69, 9.17) is 0 Å². The van der Waals surface area contributed by atoms with Gasteiger partial charge in [0.2, 0.25) is 0 Å².